The molecule has 0 radical (unpaired) electrons. The maximum atomic E-state index is 11.3. The molecule has 2 rings (SSSR count). The smallest absolute Gasteiger partial charge is 0.744 e. The van der Waals surface area contributed by atoms with Crippen molar-refractivity contribution < 1.29 is 64.4 Å². The van der Waals surface area contributed by atoms with Crippen LogP contribution in [0.1, 0.15) is 25.0 Å². The molecule has 5 heteroatoms. The fourth-order valence-corrected chi connectivity index (χ4v) is 3.03. The molecule has 0 aliphatic rings. The summed E-state index contributed by atoms with van der Waals surface area (Å²) in [6, 6.07) is 9.07. The summed E-state index contributed by atoms with van der Waals surface area (Å²) in [5, 5.41) is 1.84. The van der Waals surface area contributed by atoms with Crippen molar-refractivity contribution >= 4 is 20.9 Å². The first-order valence-corrected chi connectivity index (χ1v) is 7.38. The Bertz CT molecular complexity index is 693. The Balaban J connectivity index is 0.00000180. The van der Waals surface area contributed by atoms with Crippen LogP contribution in [0, 0.1) is 0 Å². The van der Waals surface area contributed by atoms with Crippen molar-refractivity contribution in [3.63, 3.8) is 0 Å². The van der Waals surface area contributed by atoms with E-state index in [0.29, 0.717) is 12.0 Å². The Morgan fingerprint density at radius 3 is 2.21 bits per heavy atom. The van der Waals surface area contributed by atoms with Crippen LogP contribution in [0.2, 0.25) is 0 Å². The van der Waals surface area contributed by atoms with Gasteiger partial charge in [-0.05, 0) is 46.9 Å². The fourth-order valence-electron chi connectivity index (χ4n) is 2.23. The Morgan fingerprint density at radius 1 is 1.05 bits per heavy atom. The molecule has 0 bridgehead atoms. The van der Waals surface area contributed by atoms with E-state index in [0.717, 1.165) is 22.8 Å². The van der Waals surface area contributed by atoms with E-state index < -0.39 is 10.1 Å². The van der Waals surface area contributed by atoms with Crippen molar-refractivity contribution in [1.29, 1.82) is 0 Å². The molecule has 0 aliphatic heterocycles. The van der Waals surface area contributed by atoms with Gasteiger partial charge in [-0.2, -0.15) is 0 Å². The monoisotopic (exact) mass is 302 g/mol. The summed E-state index contributed by atoms with van der Waals surface area (Å²) in [5.74, 6) is 0. The minimum absolute atomic E-state index is 0. The molecule has 0 amide bonds. The number of rotatable bonds is 3. The zero-order valence-electron chi connectivity index (χ0n) is 11.4. The second-order valence-corrected chi connectivity index (χ2v) is 5.61. The average Bonchev–Trinajstić information content (AvgIpc) is 2.35. The van der Waals surface area contributed by atoms with Gasteiger partial charge in [-0.25, -0.2) is 8.42 Å². The molecule has 2 aromatic carbocycles. The third-order valence-corrected chi connectivity index (χ3v) is 4.10. The molecule has 0 heterocycles. The molecule has 2 aromatic rings. The molecule has 0 aromatic heterocycles. The van der Waals surface area contributed by atoms with E-state index in [1.165, 1.54) is 6.07 Å². The zero-order chi connectivity index (χ0) is 13.3. The van der Waals surface area contributed by atoms with E-state index in [1.54, 1.807) is 0 Å². The van der Waals surface area contributed by atoms with Crippen LogP contribution in [0.15, 0.2) is 35.2 Å². The predicted molar refractivity (Wildman–Crippen MR) is 70.7 cm³/mol. The third kappa shape index (κ3) is 3.67. The molecule has 0 aliphatic carbocycles. The Morgan fingerprint density at radius 2 is 1.68 bits per heavy atom. The van der Waals surface area contributed by atoms with E-state index in [2.05, 4.69) is 6.92 Å². The van der Waals surface area contributed by atoms with Gasteiger partial charge in [0.1, 0.15) is 10.1 Å². The molecule has 0 saturated carbocycles. The van der Waals surface area contributed by atoms with Gasteiger partial charge in [-0.1, -0.05) is 32.0 Å². The normalized spacial score (nSPS) is 11.3. The van der Waals surface area contributed by atoms with E-state index in [-0.39, 0.29) is 56.3 Å². The van der Waals surface area contributed by atoms with Crippen LogP contribution in [-0.2, 0) is 23.0 Å². The topological polar surface area (TPSA) is 57.2 Å². The Hall–Kier alpha value is 0.246. The number of hydrogen-bond donors (Lipinski definition) is 0. The molecular formula is C14H15KO3S. The van der Waals surface area contributed by atoms with Crippen LogP contribution in [0.25, 0.3) is 10.8 Å². The Labute approximate surface area is 156 Å². The first kappa shape index (κ1) is 17.3. The van der Waals surface area contributed by atoms with Gasteiger partial charge in [0, 0.05) is 0 Å². The number of benzene rings is 2. The van der Waals surface area contributed by atoms with Crippen LogP contribution >= 0.6 is 0 Å². The maximum Gasteiger partial charge on any atom is 1.00 e. The summed E-state index contributed by atoms with van der Waals surface area (Å²) in [5.41, 5.74) is 1.76. The SMILES string of the molecule is CCc1cc2c(CC)cccc2cc1S(=O)(=O)[O-].[K+]. The molecule has 96 valence electrons. The van der Waals surface area contributed by atoms with Crippen LogP contribution < -0.4 is 51.4 Å². The van der Waals surface area contributed by atoms with Gasteiger partial charge in [-0.15, -0.1) is 0 Å². The minimum Gasteiger partial charge on any atom is -0.744 e. The molecule has 0 fully saturated rings. The summed E-state index contributed by atoms with van der Waals surface area (Å²) in [6.45, 7) is 3.91. The van der Waals surface area contributed by atoms with E-state index in [9.17, 15) is 13.0 Å². The van der Waals surface area contributed by atoms with Gasteiger partial charge in [0.2, 0.25) is 0 Å². The van der Waals surface area contributed by atoms with Crippen LogP contribution in [0.3, 0.4) is 0 Å². The van der Waals surface area contributed by atoms with Gasteiger partial charge in [0.15, 0.2) is 0 Å². The van der Waals surface area contributed by atoms with Crippen molar-refractivity contribution in [3.8, 4) is 0 Å². The van der Waals surface area contributed by atoms with E-state index in [1.807, 2.05) is 31.2 Å². The van der Waals surface area contributed by atoms with E-state index >= 15 is 0 Å². The second-order valence-electron chi connectivity index (χ2n) is 4.26. The van der Waals surface area contributed by atoms with Crippen LogP contribution in [-0.4, -0.2) is 13.0 Å². The van der Waals surface area contributed by atoms with Crippen LogP contribution in [0.4, 0.5) is 0 Å². The first-order chi connectivity index (χ1) is 8.47. The maximum absolute atomic E-state index is 11.3. The second kappa shape index (κ2) is 6.80. The standard InChI is InChI=1S/C14H16O3S.K/c1-3-10-6-5-7-12-9-14(18(15,16)17)11(4-2)8-13(10)12;/h5-9H,3-4H2,1-2H3,(H,15,16,17);/q;+1/p-1. The number of fused-ring (bicyclic) bond motifs is 1. The van der Waals surface area contributed by atoms with Crippen molar-refractivity contribution in [2.45, 2.75) is 31.6 Å². The summed E-state index contributed by atoms with van der Waals surface area (Å²) in [6.07, 6.45) is 1.41. The summed E-state index contributed by atoms with van der Waals surface area (Å²) < 4.78 is 33.8. The average molecular weight is 302 g/mol. The fraction of sp³-hybridized carbons (Fsp3) is 0.286. The summed E-state index contributed by atoms with van der Waals surface area (Å²) in [4.78, 5) is -0.0919. The van der Waals surface area contributed by atoms with Crippen molar-refractivity contribution in [2.75, 3.05) is 0 Å². The third-order valence-electron chi connectivity index (χ3n) is 3.18. The summed E-state index contributed by atoms with van der Waals surface area (Å²) in [7, 11) is -4.41. The summed E-state index contributed by atoms with van der Waals surface area (Å²) >= 11 is 0. The largest absolute Gasteiger partial charge is 1.00 e. The van der Waals surface area contributed by atoms with Crippen molar-refractivity contribution in [2.24, 2.45) is 0 Å². The van der Waals surface area contributed by atoms with Gasteiger partial charge in [0.25, 0.3) is 0 Å². The molecule has 0 spiro atoms. The van der Waals surface area contributed by atoms with Gasteiger partial charge < -0.3 is 4.55 Å². The number of aryl methyl sites for hydroxylation is 2. The number of hydrogen-bond acceptors (Lipinski definition) is 3. The molecule has 0 N–H and O–H groups in total. The first-order valence-electron chi connectivity index (χ1n) is 5.97. The van der Waals surface area contributed by atoms with Crippen molar-refractivity contribution in [3.05, 3.63) is 41.5 Å². The Kier molecular flexibility index (Phi) is 6.19. The molecule has 0 saturated heterocycles. The van der Waals surface area contributed by atoms with E-state index in [4.69, 9.17) is 0 Å². The zero-order valence-corrected chi connectivity index (χ0v) is 15.4. The van der Waals surface area contributed by atoms with Crippen LogP contribution in [0.5, 0.6) is 0 Å². The van der Waals surface area contributed by atoms with Gasteiger partial charge in [-0.3, -0.25) is 0 Å². The molecule has 0 unspecified atom stereocenters. The quantitative estimate of drug-likeness (QED) is 0.586. The molecule has 0 atom stereocenters. The molecule has 19 heavy (non-hydrogen) atoms. The van der Waals surface area contributed by atoms with Crippen molar-refractivity contribution in [1.82, 2.24) is 0 Å². The minimum atomic E-state index is -4.41. The van der Waals surface area contributed by atoms with Gasteiger partial charge in [0.05, 0.1) is 4.90 Å². The van der Waals surface area contributed by atoms with Gasteiger partial charge >= 0.3 is 51.4 Å². The molecule has 3 nitrogen and oxygen atoms in total. The molecular weight excluding hydrogens is 287 g/mol. The predicted octanol–water partition coefficient (Wildman–Crippen LogP) is -0.127.